The van der Waals surface area contributed by atoms with Crippen LogP contribution in [0.25, 0.3) is 0 Å². The molecule has 20 heteroatoms. The minimum atomic E-state index is -6.36. The number of rotatable bonds is 10. The Morgan fingerprint density at radius 3 is 2.11 bits per heavy atom. The number of nitrogens with zero attached hydrogens (tertiary/aromatic N) is 3. The summed E-state index contributed by atoms with van der Waals surface area (Å²) in [5.41, 5.74) is -9.13. The maximum atomic E-state index is 16.6. The van der Waals surface area contributed by atoms with Gasteiger partial charge >= 0.3 is 21.7 Å². The average Bonchev–Trinajstić information content (AvgIpc) is 2.91. The molecule has 1 aliphatic heterocycles. The number of amides is 1. The van der Waals surface area contributed by atoms with Crippen LogP contribution in [0, 0.1) is 5.82 Å². The number of hydrogen-bond acceptors (Lipinski definition) is 9. The van der Waals surface area contributed by atoms with Gasteiger partial charge in [-0.3, -0.25) is 14.5 Å². The van der Waals surface area contributed by atoms with Gasteiger partial charge in [-0.25, -0.2) is 31.5 Å². The Morgan fingerprint density at radius 1 is 1.11 bits per heavy atom. The molecule has 270 valence electrons. The first-order valence-corrected chi connectivity index (χ1v) is 21.1. The molecule has 0 aliphatic carbocycles. The Hall–Kier alpha value is -1.77. The van der Waals surface area contributed by atoms with Crippen molar-refractivity contribution in [2.75, 3.05) is 18.9 Å². The van der Waals surface area contributed by atoms with Gasteiger partial charge in [0, 0.05) is 0 Å². The number of alkyl carbamates (subject to hydrolysis) is 1. The molecule has 2 heterocycles. The van der Waals surface area contributed by atoms with Crippen LogP contribution in [-0.4, -0.2) is 78.3 Å². The highest BCUT2D eigenvalue weighted by molar-refractivity contribution is 9.10. The van der Waals surface area contributed by atoms with Crippen LogP contribution in [0.15, 0.2) is 20.0 Å². The third kappa shape index (κ3) is 9.07. The minimum absolute atomic E-state index is 0.233. The highest BCUT2D eigenvalue weighted by Gasteiger charge is 2.52. The molecule has 1 aromatic heterocycles. The third-order valence-electron chi connectivity index (χ3n) is 8.07. The molecule has 1 aromatic rings. The zero-order valence-corrected chi connectivity index (χ0v) is 31.8. The lowest BCUT2D eigenvalue weighted by molar-refractivity contribution is -0.0690. The lowest BCUT2D eigenvalue weighted by Crippen LogP contribution is -2.58. The molecule has 0 saturated heterocycles. The Kier molecular flexibility index (Phi) is 12.2. The number of halogens is 7. The van der Waals surface area contributed by atoms with Gasteiger partial charge in [0.25, 0.3) is 5.92 Å². The summed E-state index contributed by atoms with van der Waals surface area (Å²) < 4.78 is 132. The van der Waals surface area contributed by atoms with E-state index in [0.29, 0.717) is 23.3 Å². The van der Waals surface area contributed by atoms with Gasteiger partial charge in [-0.1, -0.05) is 38.9 Å². The molecule has 0 radical (unpaired) electrons. The summed E-state index contributed by atoms with van der Waals surface area (Å²) >= 11 is 3.33. The molecular formula is C27H41BrF6N4O6S2Si. The number of amidine groups is 1. The van der Waals surface area contributed by atoms with Gasteiger partial charge < -0.3 is 4.74 Å². The maximum absolute atomic E-state index is 16.6. The third-order valence-corrected chi connectivity index (χ3v) is 18.3. The van der Waals surface area contributed by atoms with Gasteiger partial charge in [0.1, 0.15) is 51.0 Å². The first-order valence-electron chi connectivity index (χ1n) is 14.6. The molecule has 0 fully saturated rings. The molecule has 1 N–H and O–H groups in total. The zero-order chi connectivity index (χ0) is 36.7. The maximum Gasteiger partial charge on any atom is 0.523 e. The zero-order valence-electron chi connectivity index (χ0n) is 27.6. The van der Waals surface area contributed by atoms with Crippen molar-refractivity contribution in [1.82, 2.24) is 10.3 Å². The number of pyridine rings is 1. The van der Waals surface area contributed by atoms with E-state index in [-0.39, 0.29) is 16.1 Å². The van der Waals surface area contributed by atoms with Gasteiger partial charge in [0.05, 0.1) is 23.6 Å². The van der Waals surface area contributed by atoms with Crippen molar-refractivity contribution in [3.63, 3.8) is 0 Å². The predicted octanol–water partition coefficient (Wildman–Crippen LogP) is 6.60. The number of aromatic nitrogens is 1. The summed E-state index contributed by atoms with van der Waals surface area (Å²) in [4.78, 5) is 21.8. The van der Waals surface area contributed by atoms with Crippen LogP contribution in [-0.2, 0) is 34.3 Å². The second kappa shape index (κ2) is 13.9. The highest BCUT2D eigenvalue weighted by Crippen LogP contribution is 2.40. The molecule has 1 unspecified atom stereocenters. The fourth-order valence-corrected chi connectivity index (χ4v) is 12.4. The van der Waals surface area contributed by atoms with E-state index in [0.717, 1.165) is 0 Å². The molecule has 0 aromatic carbocycles. The predicted molar refractivity (Wildman–Crippen MR) is 173 cm³/mol. The highest BCUT2D eigenvalue weighted by atomic mass is 79.9. The van der Waals surface area contributed by atoms with Crippen LogP contribution in [0.5, 0.6) is 0 Å². The molecule has 0 spiro atoms. The van der Waals surface area contributed by atoms with Gasteiger partial charge in [-0.15, -0.1) is 0 Å². The molecule has 47 heavy (non-hydrogen) atoms. The molecule has 10 nitrogen and oxygen atoms in total. The molecule has 0 bridgehead atoms. The first-order chi connectivity index (χ1) is 21.0. The quantitative estimate of drug-likeness (QED) is 0.0926. The van der Waals surface area contributed by atoms with Crippen molar-refractivity contribution in [2.45, 2.75) is 108 Å². The van der Waals surface area contributed by atoms with Crippen molar-refractivity contribution in [2.24, 2.45) is 9.36 Å². The van der Waals surface area contributed by atoms with Crippen LogP contribution in [0.1, 0.15) is 68.0 Å². The van der Waals surface area contributed by atoms with Crippen molar-refractivity contribution < 1.29 is 52.7 Å². The smallest absolute Gasteiger partial charge is 0.444 e. The topological polar surface area (TPSA) is 136 Å². The van der Waals surface area contributed by atoms with E-state index in [1.807, 2.05) is 20.8 Å². The minimum Gasteiger partial charge on any atom is -0.444 e. The number of alkyl halides is 5. The van der Waals surface area contributed by atoms with Crippen LogP contribution in [0.3, 0.4) is 0 Å². The fourth-order valence-electron chi connectivity index (χ4n) is 5.07. The Labute approximate surface area is 281 Å². The average molecular weight is 804 g/mol. The van der Waals surface area contributed by atoms with Crippen LogP contribution in [0.4, 0.5) is 31.1 Å². The summed E-state index contributed by atoms with van der Waals surface area (Å²) in [5, 5.41) is 2.82. The van der Waals surface area contributed by atoms with Gasteiger partial charge in [-0.05, 0) is 68.7 Å². The molecule has 1 amide bonds. The molecule has 0 saturated carbocycles. The Bertz CT molecular complexity index is 1610. The normalized spacial score (nSPS) is 22.4. The van der Waals surface area contributed by atoms with E-state index >= 15 is 4.39 Å². The van der Waals surface area contributed by atoms with Gasteiger partial charge in [0.15, 0.2) is 0 Å². The Morgan fingerprint density at radius 2 is 1.64 bits per heavy atom. The SMILES string of the molecule is CC[Si](CC)(CC)c1cc(Br)nc([C@]2(C)CS(=O)(=NCC(F)(F)COS(=O)(=O)C(F)(F)F)C(C)(C)C(NC(=O)OC(C)(C)C)=N2)c1F. The molecular weight excluding hydrogens is 762 g/mol. The number of carbonyl (C=O) groups is 1. The first kappa shape index (κ1) is 41.4. The summed E-state index contributed by atoms with van der Waals surface area (Å²) in [6, 6.07) is 3.62. The number of ether oxygens (including phenoxy) is 1. The molecule has 2 atom stereocenters. The lowest BCUT2D eigenvalue weighted by atomic mass is 9.98. The number of aliphatic imine (C=N–C) groups is 1. The second-order valence-electron chi connectivity index (χ2n) is 13.0. The monoisotopic (exact) mass is 802 g/mol. The van der Waals surface area contributed by atoms with Gasteiger partial charge in [0.2, 0.25) is 0 Å². The van der Waals surface area contributed by atoms with Crippen LogP contribution in [0.2, 0.25) is 18.1 Å². The molecule has 1 aliphatic rings. The second-order valence-corrected chi connectivity index (χ2v) is 23.4. The van der Waals surface area contributed by atoms with E-state index < -0.39 is 86.1 Å². The number of nitrogens with one attached hydrogen (secondary N) is 1. The Balaban J connectivity index is 2.82. The number of carbonyl (C=O) groups excluding carboxylic acids is 1. The molecule has 2 rings (SSSR count). The van der Waals surface area contributed by atoms with Gasteiger partial charge in [-0.2, -0.15) is 21.6 Å². The summed E-state index contributed by atoms with van der Waals surface area (Å²) in [6.45, 7) is 10.5. The van der Waals surface area contributed by atoms with E-state index in [2.05, 4.69) is 39.8 Å². The fraction of sp³-hybridized carbons (Fsp3) is 0.741. The van der Waals surface area contributed by atoms with Crippen molar-refractivity contribution in [1.29, 1.82) is 0 Å². The largest absolute Gasteiger partial charge is 0.523 e. The standard InChI is InChI=1S/C27H41BrF6N4O6S2Si/c1-10-47(11-2,12-3)17-13-18(28)36-20(19(17)29)25(9)16-45(40,24(7,8)21(38-25)37-22(39)44-23(4,5)6)35-14-26(30,31)15-43-46(41,42)27(32,33)34/h13H,10-12,14-16H2,1-9H3,(H,37,38,39)/t25-,45?/m0/s1. The van der Waals surface area contributed by atoms with Crippen LogP contribution < -0.4 is 10.5 Å². The number of hydrogen-bond donors (Lipinski definition) is 1. The summed E-state index contributed by atoms with van der Waals surface area (Å²) in [5.74, 6) is -6.14. The summed E-state index contributed by atoms with van der Waals surface area (Å²) in [6.07, 6.45) is -1.05. The van der Waals surface area contributed by atoms with Crippen LogP contribution >= 0.6 is 15.9 Å². The van der Waals surface area contributed by atoms with E-state index in [1.54, 1.807) is 26.8 Å². The van der Waals surface area contributed by atoms with E-state index in [4.69, 9.17) is 4.74 Å². The summed E-state index contributed by atoms with van der Waals surface area (Å²) in [7, 11) is -12.9. The lowest BCUT2D eigenvalue weighted by Gasteiger charge is -2.42. The van der Waals surface area contributed by atoms with E-state index in [9.17, 15) is 39.4 Å². The van der Waals surface area contributed by atoms with Crippen molar-refractivity contribution >= 4 is 61.0 Å². The van der Waals surface area contributed by atoms with Crippen molar-refractivity contribution in [3.8, 4) is 0 Å². The van der Waals surface area contributed by atoms with E-state index in [1.165, 1.54) is 20.8 Å². The van der Waals surface area contributed by atoms with Crippen molar-refractivity contribution in [3.05, 3.63) is 22.2 Å².